The van der Waals surface area contributed by atoms with E-state index in [1.165, 1.54) is 0 Å². The average Bonchev–Trinajstić information content (AvgIpc) is 2.44. The summed E-state index contributed by atoms with van der Waals surface area (Å²) < 4.78 is 37.9. The monoisotopic (exact) mass is 316 g/mol. The molecule has 0 aliphatic carbocycles. The van der Waals surface area contributed by atoms with Crippen molar-refractivity contribution < 1.29 is 18.3 Å². The number of alkyl halides is 3. The number of hydrogen-bond donors (Lipinski definition) is 2. The van der Waals surface area contributed by atoms with E-state index in [-0.39, 0.29) is 17.5 Å². The summed E-state index contributed by atoms with van der Waals surface area (Å²) >= 11 is 5.57. The van der Waals surface area contributed by atoms with Crippen molar-refractivity contribution in [3.63, 3.8) is 0 Å². The second-order valence-electron chi connectivity index (χ2n) is 4.37. The van der Waals surface area contributed by atoms with E-state index in [1.807, 2.05) is 0 Å². The van der Waals surface area contributed by atoms with Crippen LogP contribution in [0.4, 0.5) is 19.0 Å². The van der Waals surface area contributed by atoms with E-state index in [1.54, 1.807) is 30.3 Å². The molecule has 1 heterocycles. The molecule has 2 aromatic rings. The number of rotatable bonds is 4. The Bertz CT molecular complexity index is 605. The van der Waals surface area contributed by atoms with Gasteiger partial charge in [-0.2, -0.15) is 13.2 Å². The van der Waals surface area contributed by atoms with Gasteiger partial charge >= 0.3 is 6.18 Å². The Morgan fingerprint density at radius 1 is 1.19 bits per heavy atom. The molecule has 0 saturated carbocycles. The molecule has 112 valence electrons. The summed E-state index contributed by atoms with van der Waals surface area (Å²) in [6.45, 7) is 0.0225. The maximum atomic E-state index is 12.6. The number of halogens is 4. The van der Waals surface area contributed by atoms with E-state index >= 15 is 0 Å². The average molecular weight is 317 g/mol. The zero-order chi connectivity index (χ0) is 15.5. The molecule has 0 aliphatic rings. The SMILES string of the molecule is OC(CNc1cc(C(F)(F)F)cc(Cl)n1)c1ccccc1. The van der Waals surface area contributed by atoms with Crippen LogP contribution in [0.1, 0.15) is 17.2 Å². The molecule has 0 aliphatic heterocycles. The van der Waals surface area contributed by atoms with Gasteiger partial charge in [0, 0.05) is 6.54 Å². The molecule has 0 fully saturated rings. The van der Waals surface area contributed by atoms with Gasteiger partial charge < -0.3 is 10.4 Å². The van der Waals surface area contributed by atoms with E-state index in [9.17, 15) is 18.3 Å². The molecule has 0 amide bonds. The van der Waals surface area contributed by atoms with Gasteiger partial charge in [0.2, 0.25) is 0 Å². The molecule has 1 aromatic carbocycles. The number of aliphatic hydroxyl groups excluding tert-OH is 1. The molecule has 0 saturated heterocycles. The first-order valence-corrected chi connectivity index (χ1v) is 6.46. The number of nitrogens with one attached hydrogen (secondary N) is 1. The second kappa shape index (κ2) is 6.32. The van der Waals surface area contributed by atoms with Crippen molar-refractivity contribution in [2.75, 3.05) is 11.9 Å². The van der Waals surface area contributed by atoms with E-state index < -0.39 is 17.8 Å². The maximum absolute atomic E-state index is 12.6. The summed E-state index contributed by atoms with van der Waals surface area (Å²) in [5, 5.41) is 12.3. The predicted molar refractivity (Wildman–Crippen MR) is 74.1 cm³/mol. The van der Waals surface area contributed by atoms with Gasteiger partial charge in [-0.25, -0.2) is 4.98 Å². The smallest absolute Gasteiger partial charge is 0.387 e. The first-order chi connectivity index (χ1) is 9.86. The Labute approximate surface area is 124 Å². The molecular formula is C14H12ClF3N2O. The lowest BCUT2D eigenvalue weighted by Gasteiger charge is -2.14. The number of nitrogens with zero attached hydrogens (tertiary/aromatic N) is 1. The third-order valence-corrected chi connectivity index (χ3v) is 2.98. The summed E-state index contributed by atoms with van der Waals surface area (Å²) in [6.07, 6.45) is -5.36. The topological polar surface area (TPSA) is 45.1 Å². The van der Waals surface area contributed by atoms with Crippen LogP contribution >= 0.6 is 11.6 Å². The first kappa shape index (κ1) is 15.6. The highest BCUT2D eigenvalue weighted by Crippen LogP contribution is 2.32. The highest BCUT2D eigenvalue weighted by molar-refractivity contribution is 6.29. The molecule has 0 radical (unpaired) electrons. The molecular weight excluding hydrogens is 305 g/mol. The number of pyridine rings is 1. The third kappa shape index (κ3) is 4.34. The number of anilines is 1. The number of aromatic nitrogens is 1. The summed E-state index contributed by atoms with van der Waals surface area (Å²) in [7, 11) is 0. The van der Waals surface area contributed by atoms with Crippen molar-refractivity contribution in [1.29, 1.82) is 0 Å². The zero-order valence-electron chi connectivity index (χ0n) is 10.7. The van der Waals surface area contributed by atoms with Crippen molar-refractivity contribution in [1.82, 2.24) is 4.98 Å². The van der Waals surface area contributed by atoms with Crippen LogP contribution in [0.25, 0.3) is 0 Å². The quantitative estimate of drug-likeness (QED) is 0.841. The first-order valence-electron chi connectivity index (χ1n) is 6.08. The largest absolute Gasteiger partial charge is 0.416 e. The summed E-state index contributed by atoms with van der Waals surface area (Å²) in [4.78, 5) is 3.76. The molecule has 0 spiro atoms. The Balaban J connectivity index is 2.08. The Morgan fingerprint density at radius 3 is 2.48 bits per heavy atom. The van der Waals surface area contributed by atoms with Crippen molar-refractivity contribution in [2.45, 2.75) is 12.3 Å². The summed E-state index contributed by atoms with van der Waals surface area (Å²) in [5.41, 5.74) is -0.234. The summed E-state index contributed by atoms with van der Waals surface area (Å²) in [6, 6.07) is 10.4. The van der Waals surface area contributed by atoms with Gasteiger partial charge in [-0.1, -0.05) is 41.9 Å². The van der Waals surface area contributed by atoms with Crippen LogP contribution < -0.4 is 5.32 Å². The van der Waals surface area contributed by atoms with Crippen LogP contribution in [0.2, 0.25) is 5.15 Å². The minimum atomic E-state index is -4.50. The molecule has 1 unspecified atom stereocenters. The van der Waals surface area contributed by atoms with Gasteiger partial charge in [-0.3, -0.25) is 0 Å². The lowest BCUT2D eigenvalue weighted by atomic mass is 10.1. The van der Waals surface area contributed by atoms with Crippen LogP contribution in [0.15, 0.2) is 42.5 Å². The zero-order valence-corrected chi connectivity index (χ0v) is 11.5. The third-order valence-electron chi connectivity index (χ3n) is 2.78. The van der Waals surface area contributed by atoms with Crippen molar-refractivity contribution >= 4 is 17.4 Å². The molecule has 7 heteroatoms. The van der Waals surface area contributed by atoms with Crippen LogP contribution in [0, 0.1) is 0 Å². The van der Waals surface area contributed by atoms with Crippen molar-refractivity contribution in [2.24, 2.45) is 0 Å². The second-order valence-corrected chi connectivity index (χ2v) is 4.76. The lowest BCUT2D eigenvalue weighted by Crippen LogP contribution is -2.14. The highest BCUT2D eigenvalue weighted by atomic mass is 35.5. The van der Waals surface area contributed by atoms with Crippen LogP contribution in [-0.2, 0) is 6.18 Å². The molecule has 2 rings (SSSR count). The molecule has 1 aromatic heterocycles. The fourth-order valence-corrected chi connectivity index (χ4v) is 1.95. The minimum Gasteiger partial charge on any atom is -0.387 e. The van der Waals surface area contributed by atoms with Gasteiger partial charge in [0.05, 0.1) is 11.7 Å². The standard InChI is InChI=1S/C14H12ClF3N2O/c15-12-6-10(14(16,17)18)7-13(20-12)19-8-11(21)9-4-2-1-3-5-9/h1-7,11,21H,8H2,(H,19,20). The fourth-order valence-electron chi connectivity index (χ4n) is 1.75. The van der Waals surface area contributed by atoms with Gasteiger partial charge in [-0.05, 0) is 17.7 Å². The van der Waals surface area contributed by atoms with Gasteiger partial charge in [0.15, 0.2) is 0 Å². The molecule has 2 N–H and O–H groups in total. The Morgan fingerprint density at radius 2 is 1.86 bits per heavy atom. The maximum Gasteiger partial charge on any atom is 0.416 e. The normalized spacial score (nSPS) is 13.0. The van der Waals surface area contributed by atoms with E-state index in [0.29, 0.717) is 5.56 Å². The minimum absolute atomic E-state index is 0.0225. The van der Waals surface area contributed by atoms with E-state index in [2.05, 4.69) is 10.3 Å². The van der Waals surface area contributed by atoms with Crippen LogP contribution in [-0.4, -0.2) is 16.6 Å². The van der Waals surface area contributed by atoms with Crippen LogP contribution in [0.3, 0.4) is 0 Å². The molecule has 1 atom stereocenters. The molecule has 0 bridgehead atoms. The Hall–Kier alpha value is -1.79. The van der Waals surface area contributed by atoms with E-state index in [0.717, 1.165) is 12.1 Å². The number of aliphatic hydroxyl groups is 1. The van der Waals surface area contributed by atoms with Gasteiger partial charge in [-0.15, -0.1) is 0 Å². The Kier molecular flexibility index (Phi) is 4.69. The fraction of sp³-hybridized carbons (Fsp3) is 0.214. The molecule has 3 nitrogen and oxygen atoms in total. The van der Waals surface area contributed by atoms with E-state index in [4.69, 9.17) is 11.6 Å². The lowest BCUT2D eigenvalue weighted by molar-refractivity contribution is -0.137. The number of hydrogen-bond acceptors (Lipinski definition) is 3. The molecule has 21 heavy (non-hydrogen) atoms. The van der Waals surface area contributed by atoms with Crippen LogP contribution in [0.5, 0.6) is 0 Å². The summed E-state index contributed by atoms with van der Waals surface area (Å²) in [5.74, 6) is -0.0372. The van der Waals surface area contributed by atoms with Crippen molar-refractivity contribution in [3.05, 3.63) is 58.7 Å². The van der Waals surface area contributed by atoms with Gasteiger partial charge in [0.1, 0.15) is 11.0 Å². The highest BCUT2D eigenvalue weighted by Gasteiger charge is 2.31. The number of benzene rings is 1. The van der Waals surface area contributed by atoms with Gasteiger partial charge in [0.25, 0.3) is 0 Å². The van der Waals surface area contributed by atoms with Crippen molar-refractivity contribution in [3.8, 4) is 0 Å². The predicted octanol–water partition coefficient (Wildman–Crippen LogP) is 3.90.